The van der Waals surface area contributed by atoms with E-state index in [4.69, 9.17) is 4.74 Å². The molecule has 0 aliphatic heterocycles. The number of ketones is 1. The molecule has 3 nitrogen and oxygen atoms in total. The molecule has 3 unspecified atom stereocenters. The van der Waals surface area contributed by atoms with E-state index in [2.05, 4.69) is 6.92 Å². The number of carbonyl (C=O) groups is 2. The fourth-order valence-electron chi connectivity index (χ4n) is 9.15. The third kappa shape index (κ3) is 8.58. The van der Waals surface area contributed by atoms with Crippen LogP contribution in [0, 0.1) is 35.0 Å². The van der Waals surface area contributed by atoms with Gasteiger partial charge in [-0.2, -0.15) is 33.7 Å². The first-order valence-electron chi connectivity index (χ1n) is 16.8. The highest BCUT2D eigenvalue weighted by molar-refractivity contribution is 7.99. The second kappa shape index (κ2) is 15.0. The van der Waals surface area contributed by atoms with Crippen molar-refractivity contribution in [1.82, 2.24) is 0 Å². The summed E-state index contributed by atoms with van der Waals surface area (Å²) in [6.07, 6.45) is 11.5. The third-order valence-electron chi connectivity index (χ3n) is 11.2. The van der Waals surface area contributed by atoms with Gasteiger partial charge in [0.05, 0.1) is 0 Å². The second-order valence-electron chi connectivity index (χ2n) is 14.0. The number of hydrogen-bond donors (Lipinski definition) is 0. The number of thioether (sulfide) groups is 1. The van der Waals surface area contributed by atoms with E-state index in [1.807, 2.05) is 6.08 Å². The molecular weight excluding hydrogens is 583 g/mol. The number of alkyl halides is 5. The highest BCUT2D eigenvalue weighted by Gasteiger charge is 2.59. The number of esters is 1. The Bertz CT molecular complexity index is 982. The van der Waals surface area contributed by atoms with E-state index in [-0.39, 0.29) is 23.9 Å². The van der Waals surface area contributed by atoms with Gasteiger partial charge < -0.3 is 4.74 Å². The van der Waals surface area contributed by atoms with Gasteiger partial charge in [0, 0.05) is 25.2 Å². The monoisotopic (exact) mass is 634 g/mol. The molecule has 4 aliphatic rings. The number of ether oxygens (including phenoxy) is 1. The van der Waals surface area contributed by atoms with Gasteiger partial charge in [-0.3, -0.25) is 9.59 Å². The van der Waals surface area contributed by atoms with Gasteiger partial charge in [0.25, 0.3) is 0 Å². The molecule has 4 rings (SSSR count). The van der Waals surface area contributed by atoms with Crippen LogP contribution in [0.1, 0.15) is 123 Å². The Balaban J connectivity index is 1.17. The smallest absolute Gasteiger partial charge is 0.453 e. The number of halogens is 5. The highest BCUT2D eigenvalue weighted by atomic mass is 32.2. The molecule has 0 bridgehead atoms. The van der Waals surface area contributed by atoms with Crippen LogP contribution in [-0.4, -0.2) is 41.5 Å². The van der Waals surface area contributed by atoms with E-state index in [1.54, 1.807) is 0 Å². The Hall–Kier alpha value is -1.12. The zero-order chi connectivity index (χ0) is 31.3. The van der Waals surface area contributed by atoms with Gasteiger partial charge in [-0.25, -0.2) is 0 Å². The predicted octanol–water partition coefficient (Wildman–Crippen LogP) is 10.1. The topological polar surface area (TPSA) is 43.4 Å². The Morgan fingerprint density at radius 2 is 1.63 bits per heavy atom. The molecule has 0 saturated heterocycles. The molecule has 9 heteroatoms. The van der Waals surface area contributed by atoms with Crippen LogP contribution in [0.3, 0.4) is 0 Å². The molecule has 3 fully saturated rings. The molecule has 246 valence electrons. The maximum Gasteiger partial charge on any atom is 0.453 e. The molecule has 0 heterocycles. The number of fused-ring (bicyclic) bond motifs is 5. The Morgan fingerprint density at radius 1 is 0.953 bits per heavy atom. The lowest BCUT2D eigenvalue weighted by Gasteiger charge is -2.56. The average Bonchev–Trinajstić information content (AvgIpc) is 3.25. The van der Waals surface area contributed by atoms with Crippen molar-refractivity contribution in [1.29, 1.82) is 0 Å². The molecule has 0 spiro atoms. The maximum atomic E-state index is 12.9. The summed E-state index contributed by atoms with van der Waals surface area (Å²) >= 11 is 1.47. The summed E-state index contributed by atoms with van der Waals surface area (Å²) in [6, 6.07) is 0. The third-order valence-corrected chi connectivity index (χ3v) is 12.4. The zero-order valence-corrected chi connectivity index (χ0v) is 26.8. The first-order valence-corrected chi connectivity index (χ1v) is 17.9. The molecule has 3 saturated carbocycles. The van der Waals surface area contributed by atoms with Gasteiger partial charge in [-0.15, -0.1) is 0 Å². The van der Waals surface area contributed by atoms with E-state index < -0.39 is 18.5 Å². The minimum atomic E-state index is -5.45. The molecule has 0 aromatic carbocycles. The van der Waals surface area contributed by atoms with E-state index in [1.165, 1.54) is 56.4 Å². The molecule has 7 atom stereocenters. The lowest BCUT2D eigenvalue weighted by atomic mass is 9.49. The van der Waals surface area contributed by atoms with Crippen molar-refractivity contribution in [2.75, 3.05) is 11.5 Å². The lowest BCUT2D eigenvalue weighted by molar-refractivity contribution is -0.284. The quantitative estimate of drug-likeness (QED) is 0.102. The van der Waals surface area contributed by atoms with E-state index in [0.717, 1.165) is 63.5 Å². The van der Waals surface area contributed by atoms with Crippen molar-refractivity contribution >= 4 is 23.5 Å². The first-order chi connectivity index (χ1) is 20.3. The van der Waals surface area contributed by atoms with Crippen LogP contribution in [0.5, 0.6) is 0 Å². The van der Waals surface area contributed by atoms with E-state index >= 15 is 0 Å². The van der Waals surface area contributed by atoms with Gasteiger partial charge in [-0.1, -0.05) is 51.0 Å². The normalized spacial score (nSPS) is 32.5. The van der Waals surface area contributed by atoms with Gasteiger partial charge in [0.2, 0.25) is 0 Å². The summed E-state index contributed by atoms with van der Waals surface area (Å²) in [5.41, 5.74) is 1.47. The summed E-state index contributed by atoms with van der Waals surface area (Å²) in [5, 5.41) is 0. The van der Waals surface area contributed by atoms with Crippen molar-refractivity contribution < 1.29 is 36.3 Å². The van der Waals surface area contributed by atoms with Crippen molar-refractivity contribution in [3.05, 3.63) is 11.6 Å². The van der Waals surface area contributed by atoms with Crippen LogP contribution in [0.2, 0.25) is 0 Å². The summed E-state index contributed by atoms with van der Waals surface area (Å²) < 4.78 is 68.4. The van der Waals surface area contributed by atoms with Crippen molar-refractivity contribution in [3.8, 4) is 0 Å². The molecule has 0 N–H and O–H groups in total. The minimum Gasteiger partial charge on any atom is -0.462 e. The Labute approximate surface area is 258 Å². The van der Waals surface area contributed by atoms with Crippen molar-refractivity contribution in [2.24, 2.45) is 35.0 Å². The standard InChI is InChI=1S/C34H51F5O3S/c1-23(40)42-30-15-14-29-31-24(21-25-22-26(41)12-13-27(25)28(31)16-18-32(29,30)2)11-8-6-4-3-5-7-9-19-43-20-10-17-33(35,36)34(37,38)39/h22,24,27-31H,3-21H2,1-2H3/t24-,27+,28?,29?,30+,31?,32+/m1/s1. The first kappa shape index (κ1) is 34.7. The van der Waals surface area contributed by atoms with Crippen molar-refractivity contribution in [2.45, 2.75) is 141 Å². The van der Waals surface area contributed by atoms with Gasteiger partial charge >= 0.3 is 18.1 Å². The summed E-state index contributed by atoms with van der Waals surface area (Å²) in [7, 11) is 0. The lowest BCUT2D eigenvalue weighted by Crippen LogP contribution is -2.51. The Morgan fingerprint density at radius 3 is 2.33 bits per heavy atom. The van der Waals surface area contributed by atoms with E-state index in [9.17, 15) is 31.5 Å². The molecule has 0 radical (unpaired) electrons. The Kier molecular flexibility index (Phi) is 12.1. The molecule has 43 heavy (non-hydrogen) atoms. The van der Waals surface area contributed by atoms with Gasteiger partial charge in [0.15, 0.2) is 5.78 Å². The van der Waals surface area contributed by atoms with Crippen LogP contribution < -0.4 is 0 Å². The van der Waals surface area contributed by atoms with Crippen molar-refractivity contribution in [3.63, 3.8) is 0 Å². The van der Waals surface area contributed by atoms with Crippen LogP contribution in [0.4, 0.5) is 22.0 Å². The number of hydrogen-bond acceptors (Lipinski definition) is 4. The summed E-state index contributed by atoms with van der Waals surface area (Å²) in [5.74, 6) is -0.301. The largest absolute Gasteiger partial charge is 0.462 e. The highest BCUT2D eigenvalue weighted by Crippen LogP contribution is 2.64. The summed E-state index contributed by atoms with van der Waals surface area (Å²) in [6.45, 7) is 3.89. The average molecular weight is 635 g/mol. The predicted molar refractivity (Wildman–Crippen MR) is 161 cm³/mol. The minimum absolute atomic E-state index is 0.0269. The number of allylic oxidation sites excluding steroid dienone is 1. The van der Waals surface area contributed by atoms with E-state index in [0.29, 0.717) is 47.5 Å². The number of unbranched alkanes of at least 4 members (excludes halogenated alkanes) is 6. The van der Waals surface area contributed by atoms with Crippen LogP contribution in [0.25, 0.3) is 0 Å². The van der Waals surface area contributed by atoms with Gasteiger partial charge in [-0.05, 0) is 105 Å². The zero-order valence-electron chi connectivity index (χ0n) is 26.0. The second-order valence-corrected chi connectivity index (χ2v) is 15.3. The maximum absolute atomic E-state index is 12.9. The molecule has 0 aromatic heterocycles. The summed E-state index contributed by atoms with van der Waals surface area (Å²) in [4.78, 5) is 24.2. The molecule has 0 aromatic rings. The van der Waals surface area contributed by atoms with Crippen LogP contribution >= 0.6 is 11.8 Å². The van der Waals surface area contributed by atoms with Gasteiger partial charge in [0.1, 0.15) is 6.10 Å². The van der Waals surface area contributed by atoms with Crippen LogP contribution in [-0.2, 0) is 14.3 Å². The van der Waals surface area contributed by atoms with Crippen LogP contribution in [0.15, 0.2) is 11.6 Å². The number of rotatable bonds is 15. The SMILES string of the molecule is CC(=O)O[C@H]1CCC2C3C(CC[C@@]21C)[C@H]1CCC(=O)C=C1C[C@H]3CCCCCCCCCSCCCC(F)(F)C(F)(F)F. The molecule has 0 amide bonds. The molecular formula is C34H51F5O3S. The molecule has 4 aliphatic carbocycles. The fourth-order valence-corrected chi connectivity index (χ4v) is 10.1. The fraction of sp³-hybridized carbons (Fsp3) is 0.882. The number of carbonyl (C=O) groups excluding carboxylic acids is 2.